The monoisotopic (exact) mass is 268 g/mol. The molecule has 0 bridgehead atoms. The Morgan fingerprint density at radius 1 is 1.21 bits per heavy atom. The van der Waals surface area contributed by atoms with Gasteiger partial charge in [-0.3, -0.25) is 9.80 Å². The fourth-order valence-electron chi connectivity index (χ4n) is 2.38. The second-order valence-corrected chi connectivity index (χ2v) is 4.81. The van der Waals surface area contributed by atoms with Gasteiger partial charge in [-0.1, -0.05) is 6.07 Å². The zero-order valence-electron chi connectivity index (χ0n) is 11.3. The van der Waals surface area contributed by atoms with Gasteiger partial charge in [0, 0.05) is 39.3 Å². The number of hydrogen-bond donors (Lipinski definition) is 1. The first-order valence-electron chi connectivity index (χ1n) is 6.61. The van der Waals surface area contributed by atoms with E-state index in [1.807, 2.05) is 6.07 Å². The summed E-state index contributed by atoms with van der Waals surface area (Å²) in [5.74, 6) is -0.0181. The summed E-state index contributed by atoms with van der Waals surface area (Å²) < 4.78 is 18.5. The highest BCUT2D eigenvalue weighted by atomic mass is 19.1. The summed E-state index contributed by atoms with van der Waals surface area (Å²) in [5.41, 5.74) is 0.967. The average molecular weight is 268 g/mol. The first kappa shape index (κ1) is 14.2. The van der Waals surface area contributed by atoms with Crippen LogP contribution in [-0.2, 0) is 6.54 Å². The van der Waals surface area contributed by atoms with Gasteiger partial charge < -0.3 is 9.84 Å². The fourth-order valence-corrected chi connectivity index (χ4v) is 2.38. The van der Waals surface area contributed by atoms with Crippen LogP contribution in [0.2, 0.25) is 0 Å². The molecule has 0 aliphatic carbocycles. The summed E-state index contributed by atoms with van der Waals surface area (Å²) in [7, 11) is 1.47. The van der Waals surface area contributed by atoms with Crippen molar-refractivity contribution in [1.82, 2.24) is 9.80 Å². The minimum absolute atomic E-state index is 0.212. The molecule has 1 aliphatic rings. The SMILES string of the molecule is COc1ccc(CN2CCN(CCO)CC2)cc1F. The highest BCUT2D eigenvalue weighted by Gasteiger charge is 2.16. The van der Waals surface area contributed by atoms with Crippen molar-refractivity contribution in [2.24, 2.45) is 0 Å². The van der Waals surface area contributed by atoms with E-state index < -0.39 is 0 Å². The van der Waals surface area contributed by atoms with E-state index in [0.717, 1.165) is 44.8 Å². The molecule has 2 rings (SSSR count). The Balaban J connectivity index is 1.87. The molecule has 1 saturated heterocycles. The number of aliphatic hydroxyl groups excluding tert-OH is 1. The number of aliphatic hydroxyl groups is 1. The molecule has 0 spiro atoms. The molecule has 1 N–H and O–H groups in total. The lowest BCUT2D eigenvalue weighted by Crippen LogP contribution is -2.46. The van der Waals surface area contributed by atoms with Crippen molar-refractivity contribution in [3.05, 3.63) is 29.6 Å². The molecule has 0 radical (unpaired) electrons. The van der Waals surface area contributed by atoms with Crippen molar-refractivity contribution >= 4 is 0 Å². The molecule has 4 nitrogen and oxygen atoms in total. The standard InChI is InChI=1S/C14H21FN2O2/c1-19-14-3-2-12(10-13(14)15)11-17-6-4-16(5-7-17)8-9-18/h2-3,10,18H,4-9,11H2,1H3. The lowest BCUT2D eigenvalue weighted by atomic mass is 10.2. The van der Waals surface area contributed by atoms with E-state index in [-0.39, 0.29) is 18.2 Å². The molecule has 5 heteroatoms. The molecular weight excluding hydrogens is 247 g/mol. The zero-order valence-corrected chi connectivity index (χ0v) is 11.3. The van der Waals surface area contributed by atoms with E-state index in [2.05, 4.69) is 9.80 Å². The Kier molecular flexibility index (Phi) is 5.13. The van der Waals surface area contributed by atoms with Crippen molar-refractivity contribution in [2.75, 3.05) is 46.4 Å². The number of methoxy groups -OCH3 is 1. The van der Waals surface area contributed by atoms with Gasteiger partial charge in [0.05, 0.1) is 13.7 Å². The largest absolute Gasteiger partial charge is 0.494 e. The number of β-amino-alcohol motifs (C(OH)–C–C–N with tert-alkyl or cyclic N) is 1. The van der Waals surface area contributed by atoms with Crippen LogP contribution in [0.4, 0.5) is 4.39 Å². The second kappa shape index (κ2) is 6.84. The lowest BCUT2D eigenvalue weighted by molar-refractivity contribution is 0.108. The number of hydrogen-bond acceptors (Lipinski definition) is 4. The van der Waals surface area contributed by atoms with Crippen LogP contribution in [-0.4, -0.2) is 61.3 Å². The van der Waals surface area contributed by atoms with Crippen LogP contribution in [0.25, 0.3) is 0 Å². The van der Waals surface area contributed by atoms with Gasteiger partial charge in [-0.15, -0.1) is 0 Å². The molecule has 0 aromatic heterocycles. The Hall–Kier alpha value is -1.17. The minimum atomic E-state index is -0.307. The molecule has 106 valence electrons. The molecule has 0 saturated carbocycles. The summed E-state index contributed by atoms with van der Waals surface area (Å²) in [5, 5.41) is 8.89. The Labute approximate surface area is 113 Å². The van der Waals surface area contributed by atoms with E-state index in [1.54, 1.807) is 12.1 Å². The van der Waals surface area contributed by atoms with E-state index >= 15 is 0 Å². The van der Waals surface area contributed by atoms with E-state index in [9.17, 15) is 4.39 Å². The number of rotatable bonds is 5. The molecule has 1 heterocycles. The van der Waals surface area contributed by atoms with Crippen molar-refractivity contribution in [2.45, 2.75) is 6.54 Å². The Morgan fingerprint density at radius 2 is 1.89 bits per heavy atom. The number of nitrogens with zero attached hydrogens (tertiary/aromatic N) is 2. The van der Waals surface area contributed by atoms with E-state index in [4.69, 9.17) is 9.84 Å². The summed E-state index contributed by atoms with van der Waals surface area (Å²) in [4.78, 5) is 4.54. The van der Waals surface area contributed by atoms with Gasteiger partial charge in [-0.25, -0.2) is 4.39 Å². The first-order chi connectivity index (χ1) is 9.22. The van der Waals surface area contributed by atoms with Crippen molar-refractivity contribution in [3.8, 4) is 5.75 Å². The third-order valence-electron chi connectivity index (χ3n) is 3.50. The molecule has 1 aromatic carbocycles. The minimum Gasteiger partial charge on any atom is -0.494 e. The van der Waals surface area contributed by atoms with Gasteiger partial charge in [0.15, 0.2) is 11.6 Å². The molecule has 0 unspecified atom stereocenters. The van der Waals surface area contributed by atoms with Crippen molar-refractivity contribution in [3.63, 3.8) is 0 Å². The third kappa shape index (κ3) is 3.89. The first-order valence-corrected chi connectivity index (χ1v) is 6.61. The van der Waals surface area contributed by atoms with Gasteiger partial charge in [-0.05, 0) is 17.7 Å². The summed E-state index contributed by atoms with van der Waals surface area (Å²) >= 11 is 0. The van der Waals surface area contributed by atoms with Gasteiger partial charge >= 0.3 is 0 Å². The quantitative estimate of drug-likeness (QED) is 0.862. The topological polar surface area (TPSA) is 35.9 Å². The fraction of sp³-hybridized carbons (Fsp3) is 0.571. The highest BCUT2D eigenvalue weighted by Crippen LogP contribution is 2.19. The maximum absolute atomic E-state index is 13.6. The number of benzene rings is 1. The van der Waals surface area contributed by atoms with Crippen LogP contribution >= 0.6 is 0 Å². The van der Waals surface area contributed by atoms with Crippen LogP contribution in [0, 0.1) is 5.82 Å². The van der Waals surface area contributed by atoms with Gasteiger partial charge in [0.1, 0.15) is 0 Å². The molecule has 1 aromatic rings. The van der Waals surface area contributed by atoms with Crippen LogP contribution in [0.3, 0.4) is 0 Å². The predicted octanol–water partition coefficient (Wildman–Crippen LogP) is 0.944. The second-order valence-electron chi connectivity index (χ2n) is 4.81. The highest BCUT2D eigenvalue weighted by molar-refractivity contribution is 5.29. The predicted molar refractivity (Wildman–Crippen MR) is 71.8 cm³/mol. The zero-order chi connectivity index (χ0) is 13.7. The molecule has 0 amide bonds. The number of halogens is 1. The average Bonchev–Trinajstić information content (AvgIpc) is 2.42. The maximum Gasteiger partial charge on any atom is 0.165 e. The summed E-state index contributed by atoms with van der Waals surface area (Å²) in [6.45, 7) is 5.53. The molecule has 0 atom stereocenters. The van der Waals surface area contributed by atoms with Crippen LogP contribution in [0.5, 0.6) is 5.75 Å². The molecule has 1 fully saturated rings. The molecular formula is C14H21FN2O2. The van der Waals surface area contributed by atoms with Gasteiger partial charge in [0.25, 0.3) is 0 Å². The van der Waals surface area contributed by atoms with E-state index in [0.29, 0.717) is 0 Å². The normalized spacial score (nSPS) is 17.6. The smallest absolute Gasteiger partial charge is 0.165 e. The van der Waals surface area contributed by atoms with Gasteiger partial charge in [0.2, 0.25) is 0 Å². The Bertz CT molecular complexity index is 406. The number of ether oxygens (including phenoxy) is 1. The van der Waals surface area contributed by atoms with Gasteiger partial charge in [-0.2, -0.15) is 0 Å². The van der Waals surface area contributed by atoms with Crippen LogP contribution in [0.15, 0.2) is 18.2 Å². The van der Waals surface area contributed by atoms with E-state index in [1.165, 1.54) is 7.11 Å². The van der Waals surface area contributed by atoms with Crippen LogP contribution < -0.4 is 4.74 Å². The summed E-state index contributed by atoms with van der Waals surface area (Å²) in [6, 6.07) is 5.12. The summed E-state index contributed by atoms with van der Waals surface area (Å²) in [6.07, 6.45) is 0. The van der Waals surface area contributed by atoms with Crippen molar-refractivity contribution < 1.29 is 14.2 Å². The van der Waals surface area contributed by atoms with Crippen molar-refractivity contribution in [1.29, 1.82) is 0 Å². The lowest BCUT2D eigenvalue weighted by Gasteiger charge is -2.34. The van der Waals surface area contributed by atoms with Crippen LogP contribution in [0.1, 0.15) is 5.56 Å². The number of piperazine rings is 1. The third-order valence-corrected chi connectivity index (χ3v) is 3.50. The molecule has 1 aliphatic heterocycles. The maximum atomic E-state index is 13.6. The molecule has 19 heavy (non-hydrogen) atoms. The Morgan fingerprint density at radius 3 is 2.47 bits per heavy atom.